The summed E-state index contributed by atoms with van der Waals surface area (Å²) in [6.07, 6.45) is 1.51. The van der Waals surface area contributed by atoms with Crippen LogP contribution in [0.2, 0.25) is 0 Å². The summed E-state index contributed by atoms with van der Waals surface area (Å²) >= 11 is 0. The van der Waals surface area contributed by atoms with Crippen molar-refractivity contribution < 1.29 is 14.6 Å². The Hall–Kier alpha value is -2.30. The molecule has 0 saturated heterocycles. The minimum absolute atomic E-state index is 0.392. The second-order valence-corrected chi connectivity index (χ2v) is 2.82. The lowest BCUT2D eigenvalue weighted by Gasteiger charge is -2.00. The first-order valence-corrected chi connectivity index (χ1v) is 4.26. The van der Waals surface area contributed by atoms with Crippen LogP contribution in [0.4, 0.5) is 4.79 Å². The van der Waals surface area contributed by atoms with E-state index in [0.717, 1.165) is 4.68 Å². The number of carbonyl (C=O) groups is 1. The van der Waals surface area contributed by atoms with Crippen LogP contribution in [-0.2, 0) is 0 Å². The highest BCUT2D eigenvalue weighted by Crippen LogP contribution is 2.19. The summed E-state index contributed by atoms with van der Waals surface area (Å²) in [4.78, 5) is 10.5. The molecule has 15 heavy (non-hydrogen) atoms. The van der Waals surface area contributed by atoms with Gasteiger partial charge in [-0.3, -0.25) is 0 Å². The fraction of sp³-hybridized carbons (Fsp3) is 0. The molecule has 0 aliphatic carbocycles. The van der Waals surface area contributed by atoms with E-state index in [1.165, 1.54) is 12.4 Å². The molecule has 0 spiro atoms. The van der Waals surface area contributed by atoms with E-state index in [4.69, 9.17) is 9.84 Å². The molecule has 2 aromatic rings. The van der Waals surface area contributed by atoms with Gasteiger partial charge in [0.25, 0.3) is 0 Å². The minimum Gasteiger partial charge on any atom is -0.463 e. The van der Waals surface area contributed by atoms with Crippen LogP contribution in [0.15, 0.2) is 42.7 Å². The van der Waals surface area contributed by atoms with Crippen molar-refractivity contribution >= 4 is 6.09 Å². The molecule has 76 valence electrons. The maximum absolute atomic E-state index is 10.5. The molecule has 5 nitrogen and oxygen atoms in total. The van der Waals surface area contributed by atoms with Gasteiger partial charge in [-0.1, -0.05) is 18.2 Å². The maximum atomic E-state index is 10.5. The van der Waals surface area contributed by atoms with Crippen LogP contribution in [0.1, 0.15) is 0 Å². The van der Waals surface area contributed by atoms with Gasteiger partial charge in [0.1, 0.15) is 5.75 Å². The van der Waals surface area contributed by atoms with E-state index in [2.05, 4.69) is 5.10 Å². The molecule has 0 amide bonds. The number of hydrogen-bond acceptors (Lipinski definition) is 3. The zero-order valence-electron chi connectivity index (χ0n) is 7.70. The zero-order valence-corrected chi connectivity index (χ0v) is 7.70. The Balaban J connectivity index is 2.15. The highest BCUT2D eigenvalue weighted by atomic mass is 16.5. The minimum atomic E-state index is -1.14. The van der Waals surface area contributed by atoms with Gasteiger partial charge in [-0.2, -0.15) is 9.78 Å². The van der Waals surface area contributed by atoms with Gasteiger partial charge < -0.3 is 9.84 Å². The molecule has 1 N–H and O–H groups in total. The molecule has 0 aliphatic rings. The summed E-state index contributed by atoms with van der Waals surface area (Å²) < 4.78 is 6.15. The van der Waals surface area contributed by atoms with Gasteiger partial charge in [-0.05, 0) is 12.1 Å². The fourth-order valence-corrected chi connectivity index (χ4v) is 1.09. The van der Waals surface area contributed by atoms with Crippen molar-refractivity contribution in [3.8, 4) is 11.5 Å². The van der Waals surface area contributed by atoms with Crippen LogP contribution in [0.3, 0.4) is 0 Å². The number of aromatic nitrogens is 2. The summed E-state index contributed by atoms with van der Waals surface area (Å²) in [5.74, 6) is 1.03. The number of para-hydroxylation sites is 1. The molecular formula is C10H8N2O3. The molecule has 0 atom stereocenters. The van der Waals surface area contributed by atoms with E-state index >= 15 is 0 Å². The Labute approximate surface area is 85.5 Å². The van der Waals surface area contributed by atoms with Gasteiger partial charge >= 0.3 is 6.09 Å². The van der Waals surface area contributed by atoms with E-state index in [0.29, 0.717) is 11.5 Å². The van der Waals surface area contributed by atoms with Gasteiger partial charge in [0.05, 0.1) is 12.4 Å². The number of ether oxygens (including phenoxy) is 1. The number of carboxylic acid groups (broad SMARTS) is 1. The van der Waals surface area contributed by atoms with Crippen molar-refractivity contribution in [3.63, 3.8) is 0 Å². The van der Waals surface area contributed by atoms with E-state index in [1.54, 1.807) is 12.1 Å². The first kappa shape index (κ1) is 9.26. The smallest absolute Gasteiger partial charge is 0.432 e. The van der Waals surface area contributed by atoms with Gasteiger partial charge in [0.15, 0.2) is 5.75 Å². The van der Waals surface area contributed by atoms with Crippen molar-refractivity contribution in [2.75, 3.05) is 0 Å². The number of benzene rings is 1. The van der Waals surface area contributed by atoms with Crippen LogP contribution in [0.5, 0.6) is 11.5 Å². The average Bonchev–Trinajstić information content (AvgIpc) is 2.68. The second kappa shape index (κ2) is 3.83. The number of nitrogens with zero attached hydrogens (tertiary/aromatic N) is 2. The third-order valence-electron chi connectivity index (χ3n) is 1.73. The topological polar surface area (TPSA) is 64.3 Å². The number of rotatable bonds is 2. The third-order valence-corrected chi connectivity index (χ3v) is 1.73. The monoisotopic (exact) mass is 204 g/mol. The Morgan fingerprint density at radius 2 is 2.00 bits per heavy atom. The molecule has 5 heteroatoms. The van der Waals surface area contributed by atoms with E-state index in [-0.39, 0.29) is 0 Å². The van der Waals surface area contributed by atoms with Gasteiger partial charge in [0, 0.05) is 0 Å². The lowest BCUT2D eigenvalue weighted by Crippen LogP contribution is -2.07. The first-order valence-electron chi connectivity index (χ1n) is 4.26. The SMILES string of the molecule is O=C(O)n1cc(Oc2ccccc2)cn1. The Morgan fingerprint density at radius 1 is 1.27 bits per heavy atom. The van der Waals surface area contributed by atoms with Crippen molar-refractivity contribution in [2.45, 2.75) is 0 Å². The third kappa shape index (κ3) is 2.14. The molecule has 0 fully saturated rings. The summed E-state index contributed by atoms with van der Waals surface area (Å²) in [6, 6.07) is 9.08. The summed E-state index contributed by atoms with van der Waals surface area (Å²) in [7, 11) is 0. The van der Waals surface area contributed by atoms with Crippen LogP contribution in [-0.4, -0.2) is 21.0 Å². The lowest BCUT2D eigenvalue weighted by molar-refractivity contribution is 0.192. The highest BCUT2D eigenvalue weighted by Gasteiger charge is 2.05. The van der Waals surface area contributed by atoms with E-state index in [9.17, 15) is 4.79 Å². The lowest BCUT2D eigenvalue weighted by atomic mass is 10.3. The fourth-order valence-electron chi connectivity index (χ4n) is 1.09. The van der Waals surface area contributed by atoms with Crippen LogP contribution < -0.4 is 4.74 Å². The molecular weight excluding hydrogens is 196 g/mol. The summed E-state index contributed by atoms with van der Waals surface area (Å²) in [5.41, 5.74) is 0. The molecule has 1 aromatic heterocycles. The van der Waals surface area contributed by atoms with Crippen molar-refractivity contribution in [2.24, 2.45) is 0 Å². The molecule has 0 bridgehead atoms. The summed E-state index contributed by atoms with van der Waals surface area (Å²) in [6.45, 7) is 0. The van der Waals surface area contributed by atoms with Crippen molar-refractivity contribution in [1.82, 2.24) is 9.78 Å². The highest BCUT2D eigenvalue weighted by molar-refractivity contribution is 5.66. The quantitative estimate of drug-likeness (QED) is 0.814. The largest absolute Gasteiger partial charge is 0.463 e. The molecule has 1 heterocycles. The summed E-state index contributed by atoms with van der Waals surface area (Å²) in [5, 5.41) is 12.2. The standard InChI is InChI=1S/C10H8N2O3/c13-10(14)12-7-9(6-11-12)15-8-4-2-1-3-5-8/h1-7H,(H,13,14). The van der Waals surface area contributed by atoms with Crippen molar-refractivity contribution in [3.05, 3.63) is 42.7 Å². The molecule has 0 radical (unpaired) electrons. The predicted octanol–water partition coefficient (Wildman–Crippen LogP) is 2.20. The molecule has 1 aromatic carbocycles. The predicted molar refractivity (Wildman–Crippen MR) is 52.2 cm³/mol. The van der Waals surface area contributed by atoms with Gasteiger partial charge in [-0.15, -0.1) is 0 Å². The molecule has 0 aliphatic heterocycles. The van der Waals surface area contributed by atoms with E-state index < -0.39 is 6.09 Å². The maximum Gasteiger partial charge on any atom is 0.432 e. The molecule has 0 unspecified atom stereocenters. The van der Waals surface area contributed by atoms with Gasteiger partial charge in [-0.25, -0.2) is 4.79 Å². The van der Waals surface area contributed by atoms with E-state index in [1.807, 2.05) is 18.2 Å². The first-order chi connectivity index (χ1) is 7.25. The van der Waals surface area contributed by atoms with Gasteiger partial charge in [0.2, 0.25) is 0 Å². The molecule has 0 saturated carbocycles. The normalized spacial score (nSPS) is 9.87. The molecule has 2 rings (SSSR count). The zero-order chi connectivity index (χ0) is 10.7. The average molecular weight is 204 g/mol. The van der Waals surface area contributed by atoms with Crippen molar-refractivity contribution in [1.29, 1.82) is 0 Å². The Bertz CT molecular complexity index is 465. The van der Waals surface area contributed by atoms with Crippen LogP contribution >= 0.6 is 0 Å². The Morgan fingerprint density at radius 3 is 2.60 bits per heavy atom. The number of hydrogen-bond donors (Lipinski definition) is 1. The van der Waals surface area contributed by atoms with Crippen LogP contribution in [0, 0.1) is 0 Å². The second-order valence-electron chi connectivity index (χ2n) is 2.82. The van der Waals surface area contributed by atoms with Crippen LogP contribution in [0.25, 0.3) is 0 Å². The Kier molecular flexibility index (Phi) is 2.37.